The van der Waals surface area contributed by atoms with Crippen molar-refractivity contribution >= 4 is 23.0 Å². The van der Waals surface area contributed by atoms with E-state index in [9.17, 15) is 0 Å². The summed E-state index contributed by atoms with van der Waals surface area (Å²) in [5.41, 5.74) is 2.57. The lowest BCUT2D eigenvalue weighted by atomic mass is 10.3. The van der Waals surface area contributed by atoms with Gasteiger partial charge in [0.2, 0.25) is 0 Å². The fourth-order valence-electron chi connectivity index (χ4n) is 1.67. The molecule has 0 aliphatic carbocycles. The fourth-order valence-corrected chi connectivity index (χ4v) is 2.29. The van der Waals surface area contributed by atoms with Crippen molar-refractivity contribution in [2.75, 3.05) is 17.3 Å². The third-order valence-corrected chi connectivity index (χ3v) is 3.36. The minimum atomic E-state index is 0.634. The maximum Gasteiger partial charge on any atom is 0.145 e. The molecule has 2 heterocycles. The molecule has 2 rings (SSSR count). The van der Waals surface area contributed by atoms with Crippen LogP contribution in [-0.4, -0.2) is 21.5 Å². The summed E-state index contributed by atoms with van der Waals surface area (Å²) in [6.45, 7) is 2.89. The number of aryl methyl sites for hydroxylation is 1. The summed E-state index contributed by atoms with van der Waals surface area (Å²) < 4.78 is 0. The third kappa shape index (κ3) is 4.15. The summed E-state index contributed by atoms with van der Waals surface area (Å²) in [6.07, 6.45) is 4.56. The lowest BCUT2D eigenvalue weighted by molar-refractivity contribution is 0.833. The van der Waals surface area contributed by atoms with Crippen LogP contribution in [0.4, 0.5) is 11.6 Å². The van der Waals surface area contributed by atoms with Crippen LogP contribution < -0.4 is 16.6 Å². The van der Waals surface area contributed by atoms with Crippen molar-refractivity contribution in [3.05, 3.63) is 28.5 Å². The Hall–Kier alpha value is -1.73. The predicted octanol–water partition coefficient (Wildman–Crippen LogP) is 1.83. The summed E-state index contributed by atoms with van der Waals surface area (Å²) in [7, 11) is 0. The van der Waals surface area contributed by atoms with Crippen LogP contribution in [0.15, 0.2) is 17.6 Å². The molecule has 7 heteroatoms. The molecule has 6 nitrogen and oxygen atoms in total. The van der Waals surface area contributed by atoms with Gasteiger partial charge in [-0.05, 0) is 6.42 Å². The molecule has 0 aliphatic heterocycles. The molecule has 0 aliphatic rings. The number of nitrogens with two attached hydrogens (primary N) is 1. The van der Waals surface area contributed by atoms with Gasteiger partial charge in [-0.1, -0.05) is 6.92 Å². The first kappa shape index (κ1) is 13.7. The SMILES string of the molecule is CCCc1nc(NN)cc(NCCc2nccs2)n1. The normalized spacial score (nSPS) is 10.4. The average Bonchev–Trinajstić information content (AvgIpc) is 2.92. The van der Waals surface area contributed by atoms with Gasteiger partial charge in [0.15, 0.2) is 0 Å². The number of hydrogen-bond acceptors (Lipinski definition) is 7. The second-order valence-electron chi connectivity index (χ2n) is 4.05. The zero-order valence-corrected chi connectivity index (χ0v) is 11.7. The van der Waals surface area contributed by atoms with Gasteiger partial charge in [-0.2, -0.15) is 0 Å². The molecular weight excluding hydrogens is 260 g/mol. The van der Waals surface area contributed by atoms with E-state index in [0.29, 0.717) is 5.82 Å². The van der Waals surface area contributed by atoms with Crippen molar-refractivity contribution in [3.8, 4) is 0 Å². The second-order valence-corrected chi connectivity index (χ2v) is 5.03. The zero-order valence-electron chi connectivity index (χ0n) is 10.9. The Bertz CT molecular complexity index is 499. The fraction of sp³-hybridized carbons (Fsp3) is 0.417. The van der Waals surface area contributed by atoms with Crippen LogP contribution in [0.2, 0.25) is 0 Å². The number of nitrogens with zero attached hydrogens (tertiary/aromatic N) is 3. The molecule has 0 unspecified atom stereocenters. The standard InChI is InChI=1S/C12H18N6S/c1-2-3-9-16-10(8-11(17-9)18-13)14-5-4-12-15-6-7-19-12/h6-8H,2-5,13H2,1H3,(H2,14,16,17,18). The molecule has 2 aromatic rings. The molecule has 0 spiro atoms. The summed E-state index contributed by atoms with van der Waals surface area (Å²) in [5.74, 6) is 7.64. The molecule has 19 heavy (non-hydrogen) atoms. The first-order valence-electron chi connectivity index (χ1n) is 6.28. The highest BCUT2D eigenvalue weighted by molar-refractivity contribution is 7.09. The van der Waals surface area contributed by atoms with Crippen LogP contribution in [-0.2, 0) is 12.8 Å². The van der Waals surface area contributed by atoms with Crippen molar-refractivity contribution in [1.29, 1.82) is 0 Å². The Morgan fingerprint density at radius 2 is 2.11 bits per heavy atom. The quantitative estimate of drug-likeness (QED) is 0.529. The van der Waals surface area contributed by atoms with Gasteiger partial charge in [-0.15, -0.1) is 11.3 Å². The molecule has 0 fully saturated rings. The van der Waals surface area contributed by atoms with Gasteiger partial charge in [0, 0.05) is 37.0 Å². The molecule has 2 aromatic heterocycles. The van der Waals surface area contributed by atoms with E-state index in [1.54, 1.807) is 17.4 Å². The predicted molar refractivity (Wildman–Crippen MR) is 78.1 cm³/mol. The maximum atomic E-state index is 5.41. The molecule has 0 amide bonds. The van der Waals surface area contributed by atoms with Crippen LogP contribution in [0.1, 0.15) is 24.2 Å². The highest BCUT2D eigenvalue weighted by atomic mass is 32.1. The molecule has 0 atom stereocenters. The first-order valence-corrected chi connectivity index (χ1v) is 7.16. The van der Waals surface area contributed by atoms with Gasteiger partial charge in [0.1, 0.15) is 17.5 Å². The summed E-state index contributed by atoms with van der Waals surface area (Å²) >= 11 is 1.66. The summed E-state index contributed by atoms with van der Waals surface area (Å²) in [5, 5.41) is 6.38. The monoisotopic (exact) mass is 278 g/mol. The Kier molecular flexibility index (Phi) is 5.05. The van der Waals surface area contributed by atoms with Gasteiger partial charge < -0.3 is 10.7 Å². The first-order chi connectivity index (χ1) is 9.31. The van der Waals surface area contributed by atoms with Crippen molar-refractivity contribution < 1.29 is 0 Å². The number of nitrogens with one attached hydrogen (secondary N) is 2. The molecule has 0 aromatic carbocycles. The van der Waals surface area contributed by atoms with Crippen molar-refractivity contribution in [2.24, 2.45) is 5.84 Å². The van der Waals surface area contributed by atoms with E-state index in [1.807, 2.05) is 11.6 Å². The Morgan fingerprint density at radius 1 is 1.26 bits per heavy atom. The Labute approximate surface area is 116 Å². The number of aromatic nitrogens is 3. The molecule has 0 radical (unpaired) electrons. The third-order valence-electron chi connectivity index (χ3n) is 2.52. The minimum Gasteiger partial charge on any atom is -0.369 e. The lowest BCUT2D eigenvalue weighted by Gasteiger charge is -2.08. The molecule has 0 saturated heterocycles. The van der Waals surface area contributed by atoms with Gasteiger partial charge >= 0.3 is 0 Å². The van der Waals surface area contributed by atoms with E-state index in [0.717, 1.165) is 42.5 Å². The minimum absolute atomic E-state index is 0.634. The number of rotatable bonds is 7. The van der Waals surface area contributed by atoms with Crippen molar-refractivity contribution in [2.45, 2.75) is 26.2 Å². The largest absolute Gasteiger partial charge is 0.369 e. The number of hydrazine groups is 1. The number of thiazole rings is 1. The molecule has 0 bridgehead atoms. The topological polar surface area (TPSA) is 88.8 Å². The lowest BCUT2D eigenvalue weighted by Crippen LogP contribution is -2.13. The molecule has 4 N–H and O–H groups in total. The van der Waals surface area contributed by atoms with Crippen molar-refractivity contribution in [1.82, 2.24) is 15.0 Å². The van der Waals surface area contributed by atoms with Crippen molar-refractivity contribution in [3.63, 3.8) is 0 Å². The van der Waals surface area contributed by atoms with Crippen LogP contribution in [0.25, 0.3) is 0 Å². The van der Waals surface area contributed by atoms with Gasteiger partial charge in [0.05, 0.1) is 5.01 Å². The average molecular weight is 278 g/mol. The number of anilines is 2. The second kappa shape index (κ2) is 7.01. The zero-order chi connectivity index (χ0) is 13.5. The maximum absolute atomic E-state index is 5.41. The van der Waals surface area contributed by atoms with Crippen LogP contribution >= 0.6 is 11.3 Å². The van der Waals surface area contributed by atoms with E-state index < -0.39 is 0 Å². The highest BCUT2D eigenvalue weighted by Gasteiger charge is 2.03. The smallest absolute Gasteiger partial charge is 0.145 e. The number of nitrogen functional groups attached to an aromatic ring is 1. The van der Waals surface area contributed by atoms with E-state index in [4.69, 9.17) is 5.84 Å². The van der Waals surface area contributed by atoms with Crippen LogP contribution in [0.3, 0.4) is 0 Å². The Morgan fingerprint density at radius 3 is 2.79 bits per heavy atom. The van der Waals surface area contributed by atoms with Gasteiger partial charge in [-0.3, -0.25) is 0 Å². The highest BCUT2D eigenvalue weighted by Crippen LogP contribution is 2.12. The molecular formula is C12H18N6S. The van der Waals surface area contributed by atoms with Gasteiger partial charge in [0.25, 0.3) is 0 Å². The summed E-state index contributed by atoms with van der Waals surface area (Å²) in [4.78, 5) is 13.0. The van der Waals surface area contributed by atoms with Crippen LogP contribution in [0, 0.1) is 0 Å². The van der Waals surface area contributed by atoms with Crippen LogP contribution in [0.5, 0.6) is 0 Å². The Balaban J connectivity index is 1.96. The van der Waals surface area contributed by atoms with Gasteiger partial charge in [-0.25, -0.2) is 20.8 Å². The van der Waals surface area contributed by atoms with E-state index >= 15 is 0 Å². The van der Waals surface area contributed by atoms with E-state index in [2.05, 4.69) is 32.6 Å². The number of hydrogen-bond donors (Lipinski definition) is 3. The van der Waals surface area contributed by atoms with E-state index in [-0.39, 0.29) is 0 Å². The van der Waals surface area contributed by atoms with E-state index in [1.165, 1.54) is 0 Å². The molecule has 102 valence electrons. The molecule has 0 saturated carbocycles. The summed E-state index contributed by atoms with van der Waals surface area (Å²) in [6, 6.07) is 1.81.